The van der Waals surface area contributed by atoms with Gasteiger partial charge in [-0.25, -0.2) is 0 Å². The molecule has 0 aromatic heterocycles. The number of fused-ring (bicyclic) bond motifs is 6. The van der Waals surface area contributed by atoms with Gasteiger partial charge >= 0.3 is 0 Å². The van der Waals surface area contributed by atoms with E-state index < -0.39 is 0 Å². The highest BCUT2D eigenvalue weighted by atomic mass is 15.1. The normalized spacial score (nSPS) is 12.2. The third kappa shape index (κ3) is 6.69. The quantitative estimate of drug-likeness (QED) is 0.163. The van der Waals surface area contributed by atoms with Gasteiger partial charge in [-0.05, 0) is 178 Å². The van der Waals surface area contributed by atoms with Crippen molar-refractivity contribution in [2.75, 3.05) is 4.90 Å². The molecule has 10 rings (SSSR count). The van der Waals surface area contributed by atoms with Gasteiger partial charge in [-0.3, -0.25) is 0 Å². The molecule has 0 amide bonds. The molecule has 0 unspecified atom stereocenters. The molecule has 1 aliphatic carbocycles. The van der Waals surface area contributed by atoms with Crippen molar-refractivity contribution >= 4 is 38.6 Å². The van der Waals surface area contributed by atoms with E-state index in [0.29, 0.717) is 0 Å². The Morgan fingerprint density at radius 1 is 0.317 bits per heavy atom. The van der Waals surface area contributed by atoms with Crippen LogP contribution in [0.3, 0.4) is 0 Å². The van der Waals surface area contributed by atoms with Crippen molar-refractivity contribution in [3.05, 3.63) is 199 Å². The van der Waals surface area contributed by atoms with E-state index in [1.165, 1.54) is 99.6 Å². The Hall–Kier alpha value is -6.70. The number of nitrogens with zero attached hydrogens (tertiary/aromatic N) is 1. The Balaban J connectivity index is 1.08. The van der Waals surface area contributed by atoms with Gasteiger partial charge in [0.15, 0.2) is 0 Å². The Morgan fingerprint density at radius 3 is 1.25 bits per heavy atom. The lowest BCUT2D eigenvalue weighted by Gasteiger charge is -2.29. The summed E-state index contributed by atoms with van der Waals surface area (Å²) < 4.78 is 0. The fourth-order valence-corrected chi connectivity index (χ4v) is 9.04. The highest BCUT2D eigenvalue weighted by Gasteiger charge is 2.26. The predicted molar refractivity (Wildman–Crippen MR) is 259 cm³/mol. The SMILES string of the molecule is Cc1ccc(-c2ccccc2)cc1N(c1ccccc1)c1ccc2cc3c(cc2c1)-c1cc2cc(-c4ccc(C(C)(C)C)cc4)c(-c4ccc(C(C)(C)C)cc4)cc2cc1-3. The number of rotatable bonds is 6. The summed E-state index contributed by atoms with van der Waals surface area (Å²) in [5.74, 6) is 0. The Kier molecular flexibility index (Phi) is 8.92. The maximum atomic E-state index is 2.43. The highest BCUT2D eigenvalue weighted by molar-refractivity contribution is 6.13. The van der Waals surface area contributed by atoms with E-state index in [2.05, 4.69) is 235 Å². The van der Waals surface area contributed by atoms with Crippen molar-refractivity contribution in [3.8, 4) is 55.6 Å². The van der Waals surface area contributed by atoms with Crippen molar-refractivity contribution in [3.63, 3.8) is 0 Å². The Bertz CT molecular complexity index is 3070. The molecule has 0 spiro atoms. The molecular weight excluding hydrogens is 723 g/mol. The molecule has 9 aromatic rings. The van der Waals surface area contributed by atoms with Crippen LogP contribution in [0.4, 0.5) is 17.1 Å². The summed E-state index contributed by atoms with van der Waals surface area (Å²) in [4.78, 5) is 2.41. The van der Waals surface area contributed by atoms with Gasteiger partial charge in [0.05, 0.1) is 0 Å². The van der Waals surface area contributed by atoms with Crippen molar-refractivity contribution < 1.29 is 0 Å². The predicted octanol–water partition coefficient (Wildman–Crippen LogP) is 17.0. The van der Waals surface area contributed by atoms with Gasteiger partial charge in [-0.1, -0.05) is 157 Å². The fourth-order valence-electron chi connectivity index (χ4n) is 9.04. The zero-order valence-electron chi connectivity index (χ0n) is 35.8. The van der Waals surface area contributed by atoms with E-state index in [0.717, 1.165) is 11.4 Å². The molecule has 60 heavy (non-hydrogen) atoms. The average molecular weight is 774 g/mol. The topological polar surface area (TPSA) is 3.24 Å². The molecule has 1 heteroatoms. The molecule has 1 aliphatic rings. The zero-order valence-corrected chi connectivity index (χ0v) is 35.8. The third-order valence-corrected chi connectivity index (χ3v) is 12.6. The standard InChI is InChI=1S/C59H51N/c1-38-18-19-43(39-14-10-8-11-15-39)37-57(38)60(49-16-12-9-13-17-49)50-29-24-42-31-53-54(34-44(42)30-50)56-36-46-33-52(41-22-27-48(28-23-41)59(5,6)7)51(32-45(46)35-55(53)56)40-20-25-47(26-21-40)58(2,3)4/h8-37H,1-7H3. The lowest BCUT2D eigenvalue weighted by Crippen LogP contribution is -2.11. The number of aryl methyl sites for hydroxylation is 1. The summed E-state index contributed by atoms with van der Waals surface area (Å²) in [5, 5.41) is 5.02. The van der Waals surface area contributed by atoms with E-state index in [1.807, 2.05) is 0 Å². The fraction of sp³-hybridized carbons (Fsp3) is 0.153. The molecule has 1 nitrogen and oxygen atoms in total. The lowest BCUT2D eigenvalue weighted by molar-refractivity contribution is 0.590. The average Bonchev–Trinajstić information content (AvgIpc) is 3.25. The largest absolute Gasteiger partial charge is 0.310 e. The van der Waals surface area contributed by atoms with E-state index in [9.17, 15) is 0 Å². The maximum absolute atomic E-state index is 2.43. The van der Waals surface area contributed by atoms with Gasteiger partial charge in [0.2, 0.25) is 0 Å². The first-order valence-corrected chi connectivity index (χ1v) is 21.3. The number of hydrogen-bond donors (Lipinski definition) is 0. The van der Waals surface area contributed by atoms with Gasteiger partial charge in [0.1, 0.15) is 0 Å². The van der Waals surface area contributed by atoms with Crippen molar-refractivity contribution in [1.82, 2.24) is 0 Å². The minimum atomic E-state index is 0.0976. The van der Waals surface area contributed by atoms with Crippen LogP contribution in [-0.4, -0.2) is 0 Å². The smallest absolute Gasteiger partial charge is 0.0496 e. The minimum Gasteiger partial charge on any atom is -0.310 e. The Morgan fingerprint density at radius 2 is 0.750 bits per heavy atom. The third-order valence-electron chi connectivity index (χ3n) is 12.6. The van der Waals surface area contributed by atoms with Crippen molar-refractivity contribution in [2.45, 2.75) is 59.3 Å². The second kappa shape index (κ2) is 14.2. The molecule has 292 valence electrons. The van der Waals surface area contributed by atoms with Crippen LogP contribution in [0.2, 0.25) is 0 Å². The highest BCUT2D eigenvalue weighted by Crippen LogP contribution is 2.52. The summed E-state index contributed by atoms with van der Waals surface area (Å²) in [5.41, 5.74) is 20.3. The first-order valence-electron chi connectivity index (χ1n) is 21.3. The summed E-state index contributed by atoms with van der Waals surface area (Å²) in [6.07, 6.45) is 0. The van der Waals surface area contributed by atoms with Crippen LogP contribution >= 0.6 is 0 Å². The number of hydrogen-bond acceptors (Lipinski definition) is 1. The molecule has 0 aliphatic heterocycles. The minimum absolute atomic E-state index is 0.0976. The maximum Gasteiger partial charge on any atom is 0.0496 e. The molecule has 0 saturated heterocycles. The van der Waals surface area contributed by atoms with Crippen LogP contribution in [0.25, 0.3) is 77.2 Å². The molecule has 0 N–H and O–H groups in total. The van der Waals surface area contributed by atoms with Crippen LogP contribution in [0.1, 0.15) is 58.2 Å². The lowest BCUT2D eigenvalue weighted by atomic mass is 9.77. The summed E-state index contributed by atoms with van der Waals surface area (Å²) >= 11 is 0. The van der Waals surface area contributed by atoms with Crippen LogP contribution in [0.15, 0.2) is 182 Å². The van der Waals surface area contributed by atoms with Gasteiger partial charge < -0.3 is 4.90 Å². The summed E-state index contributed by atoms with van der Waals surface area (Å²) in [7, 11) is 0. The molecular formula is C59H51N. The second-order valence-electron chi connectivity index (χ2n) is 18.8. The van der Waals surface area contributed by atoms with E-state index in [4.69, 9.17) is 0 Å². The van der Waals surface area contributed by atoms with Crippen LogP contribution in [-0.2, 0) is 10.8 Å². The van der Waals surface area contributed by atoms with E-state index in [1.54, 1.807) is 0 Å². The van der Waals surface area contributed by atoms with Crippen LogP contribution < -0.4 is 4.90 Å². The molecule has 0 radical (unpaired) electrons. The molecule has 0 atom stereocenters. The number of benzene rings is 9. The van der Waals surface area contributed by atoms with Crippen LogP contribution in [0, 0.1) is 6.92 Å². The molecule has 0 heterocycles. The van der Waals surface area contributed by atoms with Crippen molar-refractivity contribution in [1.29, 1.82) is 0 Å². The van der Waals surface area contributed by atoms with Crippen molar-refractivity contribution in [2.24, 2.45) is 0 Å². The molecule has 0 saturated carbocycles. The second-order valence-corrected chi connectivity index (χ2v) is 18.8. The summed E-state index contributed by atoms with van der Waals surface area (Å²) in [6.45, 7) is 15.9. The van der Waals surface area contributed by atoms with Crippen LogP contribution in [0.5, 0.6) is 0 Å². The first-order chi connectivity index (χ1) is 28.9. The van der Waals surface area contributed by atoms with Gasteiger partial charge in [0, 0.05) is 17.1 Å². The van der Waals surface area contributed by atoms with E-state index in [-0.39, 0.29) is 10.8 Å². The number of anilines is 3. The number of para-hydroxylation sites is 1. The zero-order chi connectivity index (χ0) is 41.3. The Labute approximate surface area is 355 Å². The van der Waals surface area contributed by atoms with Gasteiger partial charge in [-0.15, -0.1) is 0 Å². The molecule has 0 bridgehead atoms. The molecule has 9 aromatic carbocycles. The first kappa shape index (κ1) is 37.6. The summed E-state index contributed by atoms with van der Waals surface area (Å²) in [6, 6.07) is 68.2. The molecule has 0 fully saturated rings. The van der Waals surface area contributed by atoms with Gasteiger partial charge in [-0.2, -0.15) is 0 Å². The monoisotopic (exact) mass is 773 g/mol. The van der Waals surface area contributed by atoms with Gasteiger partial charge in [0.25, 0.3) is 0 Å². The van der Waals surface area contributed by atoms with E-state index >= 15 is 0 Å².